The van der Waals surface area contributed by atoms with Crippen LogP contribution in [0, 0.1) is 6.57 Å². The van der Waals surface area contributed by atoms with Crippen LogP contribution < -0.4 is 0 Å². The molecule has 0 fully saturated rings. The van der Waals surface area contributed by atoms with Gasteiger partial charge in [0.05, 0.1) is 39.8 Å². The third kappa shape index (κ3) is 2.78. The van der Waals surface area contributed by atoms with E-state index in [4.69, 9.17) is 16.0 Å². The van der Waals surface area contributed by atoms with E-state index in [9.17, 15) is 0 Å². The molecule has 0 N–H and O–H groups in total. The van der Waals surface area contributed by atoms with Crippen molar-refractivity contribution in [2.24, 2.45) is 0 Å². The molecule has 4 heterocycles. The van der Waals surface area contributed by atoms with Crippen LogP contribution in [-0.2, 0) is 0 Å². The van der Waals surface area contributed by atoms with E-state index in [1.54, 1.807) is 0 Å². The third-order valence-corrected chi connectivity index (χ3v) is 7.88. The van der Waals surface area contributed by atoms with Gasteiger partial charge in [-0.3, -0.25) is 8.97 Å². The van der Waals surface area contributed by atoms with Gasteiger partial charge in [0.1, 0.15) is 11.2 Å². The second-order valence-corrected chi connectivity index (χ2v) is 10.1. The summed E-state index contributed by atoms with van der Waals surface area (Å²) >= 11 is 0. The van der Waals surface area contributed by atoms with Crippen molar-refractivity contribution < 1.29 is 4.42 Å². The molecule has 0 amide bonds. The molecule has 0 spiro atoms. The van der Waals surface area contributed by atoms with Crippen LogP contribution in [0.1, 0.15) is 0 Å². The van der Waals surface area contributed by atoms with E-state index in [1.807, 2.05) is 30.3 Å². The van der Waals surface area contributed by atoms with Crippen molar-refractivity contribution in [2.75, 3.05) is 0 Å². The van der Waals surface area contributed by atoms with Gasteiger partial charge in [-0.1, -0.05) is 30.3 Å². The first-order valence-electron chi connectivity index (χ1n) is 13.1. The van der Waals surface area contributed by atoms with E-state index in [2.05, 4.69) is 103 Å². The Balaban J connectivity index is 1.29. The van der Waals surface area contributed by atoms with Gasteiger partial charge in [0, 0.05) is 22.7 Å². The first kappa shape index (κ1) is 21.2. The number of aromatic nitrogens is 4. The average molecular weight is 514 g/mol. The highest BCUT2D eigenvalue weighted by atomic mass is 16.3. The number of nitrogens with zero attached hydrogens (tertiary/aromatic N) is 5. The zero-order chi connectivity index (χ0) is 26.4. The molecule has 0 radical (unpaired) electrons. The van der Waals surface area contributed by atoms with Gasteiger partial charge in [-0.2, -0.15) is 0 Å². The number of para-hydroxylation sites is 4. The lowest BCUT2D eigenvalue weighted by Gasteiger charge is -2.07. The molecule has 6 heteroatoms. The average Bonchev–Trinajstić information content (AvgIpc) is 3.75. The lowest BCUT2D eigenvalue weighted by atomic mass is 10.1. The molecule has 0 unspecified atom stereocenters. The molecule has 0 aliphatic carbocycles. The summed E-state index contributed by atoms with van der Waals surface area (Å²) in [6.07, 6.45) is 2.05. The smallest absolute Gasteiger partial charge is 0.220 e. The highest BCUT2D eigenvalue weighted by molar-refractivity contribution is 6.07. The highest BCUT2D eigenvalue weighted by Crippen LogP contribution is 2.35. The number of rotatable bonds is 2. The molecular formula is C34H19N5O. The monoisotopic (exact) mass is 513 g/mol. The van der Waals surface area contributed by atoms with Crippen LogP contribution in [-0.4, -0.2) is 18.5 Å². The van der Waals surface area contributed by atoms with Crippen LogP contribution in [0.15, 0.2) is 120 Å². The van der Waals surface area contributed by atoms with Gasteiger partial charge in [0.2, 0.25) is 5.78 Å². The molecule has 0 aliphatic heterocycles. The summed E-state index contributed by atoms with van der Waals surface area (Å²) in [7, 11) is 0. The first-order chi connectivity index (χ1) is 19.8. The largest absolute Gasteiger partial charge is 0.456 e. The number of imidazole rings is 2. The van der Waals surface area contributed by atoms with Crippen LogP contribution in [0.2, 0.25) is 0 Å². The van der Waals surface area contributed by atoms with Gasteiger partial charge >= 0.3 is 0 Å². The van der Waals surface area contributed by atoms with Crippen LogP contribution in [0.5, 0.6) is 0 Å². The van der Waals surface area contributed by atoms with E-state index in [0.717, 1.165) is 72.1 Å². The Morgan fingerprint density at radius 1 is 0.650 bits per heavy atom. The fourth-order valence-corrected chi connectivity index (χ4v) is 6.07. The van der Waals surface area contributed by atoms with E-state index < -0.39 is 0 Å². The van der Waals surface area contributed by atoms with Crippen LogP contribution in [0.25, 0.3) is 76.9 Å². The summed E-state index contributed by atoms with van der Waals surface area (Å²) in [6, 6.07) is 37.2. The Bertz CT molecular complexity index is 2510. The molecule has 0 atom stereocenters. The van der Waals surface area contributed by atoms with E-state index in [1.165, 1.54) is 0 Å². The number of benzene rings is 5. The molecule has 0 saturated carbocycles. The Morgan fingerprint density at radius 2 is 1.38 bits per heavy atom. The van der Waals surface area contributed by atoms with Gasteiger partial charge in [-0.15, -0.1) is 0 Å². The second-order valence-electron chi connectivity index (χ2n) is 10.1. The third-order valence-electron chi connectivity index (χ3n) is 7.88. The topological polar surface area (TPSA) is 44.7 Å². The maximum absolute atomic E-state index is 7.33. The quantitative estimate of drug-likeness (QED) is 0.217. The molecule has 9 rings (SSSR count). The van der Waals surface area contributed by atoms with Crippen molar-refractivity contribution in [1.82, 2.24) is 18.5 Å². The lowest BCUT2D eigenvalue weighted by Crippen LogP contribution is -1.95. The molecule has 0 bridgehead atoms. The molecule has 4 aromatic heterocycles. The minimum absolute atomic E-state index is 0.645. The maximum Gasteiger partial charge on any atom is 0.220 e. The minimum Gasteiger partial charge on any atom is -0.456 e. The fraction of sp³-hybridized carbons (Fsp3) is 0. The molecule has 0 aliphatic rings. The summed E-state index contributed by atoms with van der Waals surface area (Å²) in [5.41, 5.74) is 9.74. The fourth-order valence-electron chi connectivity index (χ4n) is 6.07. The Morgan fingerprint density at radius 3 is 2.20 bits per heavy atom. The SMILES string of the molecule is [C-]#[N+]c1ccc2c(ccn2-c2ccc3oc4ccc(-n5c6ccccc6n6c7ccccc7nc56)cc4c3c2)c1. The number of hydrogen-bond acceptors (Lipinski definition) is 2. The van der Waals surface area contributed by atoms with E-state index in [0.29, 0.717) is 5.69 Å². The maximum atomic E-state index is 7.33. The van der Waals surface area contributed by atoms with E-state index >= 15 is 0 Å². The van der Waals surface area contributed by atoms with Crippen molar-refractivity contribution in [3.05, 3.63) is 127 Å². The summed E-state index contributed by atoms with van der Waals surface area (Å²) in [6.45, 7) is 7.33. The van der Waals surface area contributed by atoms with Crippen molar-refractivity contribution in [3.63, 3.8) is 0 Å². The molecule has 9 aromatic rings. The molecule has 40 heavy (non-hydrogen) atoms. The number of furan rings is 1. The predicted octanol–water partition coefficient (Wildman–Crippen LogP) is 8.83. The van der Waals surface area contributed by atoms with Gasteiger partial charge in [-0.05, 0) is 84.2 Å². The predicted molar refractivity (Wildman–Crippen MR) is 160 cm³/mol. The van der Waals surface area contributed by atoms with E-state index in [-0.39, 0.29) is 0 Å². The van der Waals surface area contributed by atoms with Crippen LogP contribution >= 0.6 is 0 Å². The summed E-state index contributed by atoms with van der Waals surface area (Å²) in [5.74, 6) is 0.882. The highest BCUT2D eigenvalue weighted by Gasteiger charge is 2.18. The molecule has 186 valence electrons. The lowest BCUT2D eigenvalue weighted by molar-refractivity contribution is 0.669. The minimum atomic E-state index is 0.645. The Kier molecular flexibility index (Phi) is 4.03. The van der Waals surface area contributed by atoms with Crippen molar-refractivity contribution >= 4 is 66.4 Å². The summed E-state index contributed by atoms with van der Waals surface area (Å²) in [4.78, 5) is 8.60. The van der Waals surface area contributed by atoms with Crippen molar-refractivity contribution in [3.8, 4) is 11.4 Å². The summed E-state index contributed by atoms with van der Waals surface area (Å²) < 4.78 is 12.9. The second kappa shape index (κ2) is 7.62. The van der Waals surface area contributed by atoms with Crippen molar-refractivity contribution in [2.45, 2.75) is 0 Å². The van der Waals surface area contributed by atoms with Crippen LogP contribution in [0.3, 0.4) is 0 Å². The normalized spacial score (nSPS) is 12.0. The van der Waals surface area contributed by atoms with Crippen LogP contribution in [0.4, 0.5) is 5.69 Å². The van der Waals surface area contributed by atoms with Gasteiger partial charge < -0.3 is 8.98 Å². The van der Waals surface area contributed by atoms with Gasteiger partial charge in [0.25, 0.3) is 0 Å². The van der Waals surface area contributed by atoms with Crippen molar-refractivity contribution in [1.29, 1.82) is 0 Å². The first-order valence-corrected chi connectivity index (χ1v) is 13.1. The Labute approximate surface area is 227 Å². The molecule has 6 nitrogen and oxygen atoms in total. The molecule has 0 saturated heterocycles. The van der Waals surface area contributed by atoms with Gasteiger partial charge in [0.15, 0.2) is 5.69 Å². The molecule has 5 aromatic carbocycles. The summed E-state index contributed by atoms with van der Waals surface area (Å²) in [5, 5.41) is 3.15. The Hall–Kier alpha value is -5.80. The standard InChI is InChI=1S/C34H19N5O/c1-35-22-10-13-28-21(18-22)16-17-37(28)23-11-14-32-25(19-23)26-20-24(12-15-33(26)40-32)38-30-8-4-5-9-31(30)39-29-7-3-2-6-27(29)36-34(38)39/h2-20H. The number of fused-ring (bicyclic) bond motifs is 9. The zero-order valence-corrected chi connectivity index (χ0v) is 21.1. The molecular weight excluding hydrogens is 494 g/mol. The number of hydrogen-bond donors (Lipinski definition) is 0. The van der Waals surface area contributed by atoms with Gasteiger partial charge in [-0.25, -0.2) is 9.83 Å². The zero-order valence-electron chi connectivity index (χ0n) is 21.1.